The van der Waals surface area contributed by atoms with Gasteiger partial charge in [-0.2, -0.15) is 0 Å². The highest BCUT2D eigenvalue weighted by molar-refractivity contribution is 8.00. The topological polar surface area (TPSA) is 29.1 Å². The molecule has 0 radical (unpaired) electrons. The quantitative estimate of drug-likeness (QED) is 0.480. The number of thioether (sulfide) groups is 1. The number of hydrogen-bond acceptors (Lipinski definition) is 2. The molecular formula is C22H17NOS. The molecule has 1 N–H and O–H groups in total. The van der Waals surface area contributed by atoms with E-state index in [0.717, 1.165) is 21.4 Å². The summed E-state index contributed by atoms with van der Waals surface area (Å²) in [6, 6.07) is 28.6. The molecule has 0 fully saturated rings. The third-order valence-corrected chi connectivity index (χ3v) is 5.15. The van der Waals surface area contributed by atoms with Gasteiger partial charge in [0.15, 0.2) is 0 Å². The van der Waals surface area contributed by atoms with Crippen molar-refractivity contribution in [3.8, 4) is 0 Å². The number of fused-ring (bicyclic) bond motifs is 2. The van der Waals surface area contributed by atoms with Gasteiger partial charge in [0, 0.05) is 16.0 Å². The van der Waals surface area contributed by atoms with Gasteiger partial charge in [0.05, 0.1) is 5.75 Å². The first-order chi connectivity index (χ1) is 12.3. The van der Waals surface area contributed by atoms with E-state index in [2.05, 4.69) is 47.8 Å². The first-order valence-corrected chi connectivity index (χ1v) is 9.17. The molecule has 4 aromatic carbocycles. The van der Waals surface area contributed by atoms with Gasteiger partial charge in [-0.05, 0) is 34.4 Å². The summed E-state index contributed by atoms with van der Waals surface area (Å²) in [5.41, 5.74) is 0.863. The standard InChI is InChI=1S/C22H17NOS/c24-22(23-21-11-5-9-17-7-3-4-10-20(17)21)15-25-19-13-12-16-6-1-2-8-18(16)14-19/h1-14H,15H2,(H,23,24). The molecule has 1 amide bonds. The van der Waals surface area contributed by atoms with Crippen LogP contribution < -0.4 is 5.32 Å². The number of nitrogens with one attached hydrogen (secondary N) is 1. The zero-order valence-electron chi connectivity index (χ0n) is 13.6. The number of anilines is 1. The molecule has 4 rings (SSSR count). The summed E-state index contributed by atoms with van der Waals surface area (Å²) in [4.78, 5) is 13.5. The fraction of sp³-hybridized carbons (Fsp3) is 0.0455. The van der Waals surface area contributed by atoms with E-state index in [-0.39, 0.29) is 5.91 Å². The highest BCUT2D eigenvalue weighted by atomic mass is 32.2. The molecule has 0 atom stereocenters. The predicted molar refractivity (Wildman–Crippen MR) is 107 cm³/mol. The van der Waals surface area contributed by atoms with Crippen molar-refractivity contribution >= 4 is 44.9 Å². The average molecular weight is 343 g/mol. The minimum atomic E-state index is 0.00881. The average Bonchev–Trinajstić information content (AvgIpc) is 2.66. The molecule has 0 aliphatic heterocycles. The zero-order chi connectivity index (χ0) is 17.1. The first-order valence-electron chi connectivity index (χ1n) is 8.19. The highest BCUT2D eigenvalue weighted by Gasteiger charge is 2.07. The van der Waals surface area contributed by atoms with E-state index >= 15 is 0 Å². The lowest BCUT2D eigenvalue weighted by molar-refractivity contribution is -0.113. The predicted octanol–water partition coefficient (Wildman–Crippen LogP) is 5.72. The van der Waals surface area contributed by atoms with Crippen molar-refractivity contribution in [2.24, 2.45) is 0 Å². The maximum Gasteiger partial charge on any atom is 0.234 e. The molecule has 0 bridgehead atoms. The first kappa shape index (κ1) is 15.7. The van der Waals surface area contributed by atoms with Crippen LogP contribution in [0.3, 0.4) is 0 Å². The Balaban J connectivity index is 1.46. The summed E-state index contributed by atoms with van der Waals surface area (Å²) in [6.45, 7) is 0. The Kier molecular flexibility index (Phi) is 4.40. The van der Waals surface area contributed by atoms with Crippen LogP contribution in [0.25, 0.3) is 21.5 Å². The van der Waals surface area contributed by atoms with E-state index in [1.807, 2.05) is 42.5 Å². The maximum atomic E-state index is 12.4. The number of carbonyl (C=O) groups excluding carboxylic acids is 1. The fourth-order valence-electron chi connectivity index (χ4n) is 2.93. The van der Waals surface area contributed by atoms with Crippen molar-refractivity contribution in [1.29, 1.82) is 0 Å². The molecule has 4 aromatic rings. The van der Waals surface area contributed by atoms with Gasteiger partial charge in [0.2, 0.25) is 5.91 Å². The summed E-state index contributed by atoms with van der Waals surface area (Å²) in [6.07, 6.45) is 0. The molecule has 0 aliphatic carbocycles. The third kappa shape index (κ3) is 3.52. The van der Waals surface area contributed by atoms with Crippen molar-refractivity contribution in [1.82, 2.24) is 0 Å². The summed E-state index contributed by atoms with van der Waals surface area (Å²) in [5.74, 6) is 0.399. The van der Waals surface area contributed by atoms with Gasteiger partial charge in [-0.15, -0.1) is 11.8 Å². The molecule has 25 heavy (non-hydrogen) atoms. The van der Waals surface area contributed by atoms with Crippen LogP contribution in [0.4, 0.5) is 5.69 Å². The third-order valence-electron chi connectivity index (χ3n) is 4.15. The second-order valence-electron chi connectivity index (χ2n) is 5.87. The van der Waals surface area contributed by atoms with Gasteiger partial charge >= 0.3 is 0 Å². The molecule has 122 valence electrons. The van der Waals surface area contributed by atoms with E-state index in [0.29, 0.717) is 5.75 Å². The van der Waals surface area contributed by atoms with E-state index in [1.54, 1.807) is 11.8 Å². The zero-order valence-corrected chi connectivity index (χ0v) is 14.4. The van der Waals surface area contributed by atoms with Gasteiger partial charge in [-0.1, -0.05) is 66.7 Å². The smallest absolute Gasteiger partial charge is 0.234 e. The van der Waals surface area contributed by atoms with Gasteiger partial charge in [0.1, 0.15) is 0 Å². The second kappa shape index (κ2) is 6.99. The lowest BCUT2D eigenvalue weighted by atomic mass is 10.1. The number of amides is 1. The summed E-state index contributed by atoms with van der Waals surface area (Å²) in [7, 11) is 0. The molecule has 0 saturated carbocycles. The lowest BCUT2D eigenvalue weighted by Crippen LogP contribution is -2.14. The molecule has 0 heterocycles. The van der Waals surface area contributed by atoms with Crippen molar-refractivity contribution in [3.63, 3.8) is 0 Å². The lowest BCUT2D eigenvalue weighted by Gasteiger charge is -2.09. The Morgan fingerprint density at radius 2 is 1.48 bits per heavy atom. The molecule has 0 spiro atoms. The SMILES string of the molecule is O=C(CSc1ccc2ccccc2c1)Nc1cccc2ccccc12. The number of benzene rings is 4. The monoisotopic (exact) mass is 343 g/mol. The summed E-state index contributed by atoms with van der Waals surface area (Å²) < 4.78 is 0. The van der Waals surface area contributed by atoms with Crippen LogP contribution in [0.15, 0.2) is 89.8 Å². The Morgan fingerprint density at radius 3 is 2.36 bits per heavy atom. The highest BCUT2D eigenvalue weighted by Crippen LogP contribution is 2.25. The van der Waals surface area contributed by atoms with Gasteiger partial charge in [-0.25, -0.2) is 0 Å². The van der Waals surface area contributed by atoms with Crippen LogP contribution in [0.1, 0.15) is 0 Å². The largest absolute Gasteiger partial charge is 0.325 e. The van der Waals surface area contributed by atoms with E-state index in [1.165, 1.54) is 10.8 Å². The molecule has 0 aliphatic rings. The minimum absolute atomic E-state index is 0.00881. The van der Waals surface area contributed by atoms with Crippen LogP contribution in [-0.4, -0.2) is 11.7 Å². The molecule has 0 aromatic heterocycles. The Hall–Kier alpha value is -2.78. The van der Waals surface area contributed by atoms with Crippen LogP contribution in [0.5, 0.6) is 0 Å². The second-order valence-corrected chi connectivity index (χ2v) is 6.92. The summed E-state index contributed by atoms with van der Waals surface area (Å²) in [5, 5.41) is 7.63. The number of carbonyl (C=O) groups is 1. The van der Waals surface area contributed by atoms with E-state index in [9.17, 15) is 4.79 Å². The van der Waals surface area contributed by atoms with E-state index < -0.39 is 0 Å². The van der Waals surface area contributed by atoms with Crippen LogP contribution in [-0.2, 0) is 4.79 Å². The summed E-state index contributed by atoms with van der Waals surface area (Å²) >= 11 is 1.56. The van der Waals surface area contributed by atoms with Crippen molar-refractivity contribution < 1.29 is 4.79 Å². The van der Waals surface area contributed by atoms with Crippen LogP contribution >= 0.6 is 11.8 Å². The van der Waals surface area contributed by atoms with Gasteiger partial charge in [-0.3, -0.25) is 4.79 Å². The minimum Gasteiger partial charge on any atom is -0.325 e. The van der Waals surface area contributed by atoms with Crippen LogP contribution in [0, 0.1) is 0 Å². The van der Waals surface area contributed by atoms with Crippen molar-refractivity contribution in [2.45, 2.75) is 4.90 Å². The van der Waals surface area contributed by atoms with Gasteiger partial charge in [0.25, 0.3) is 0 Å². The molecule has 2 nitrogen and oxygen atoms in total. The Labute approximate surface area is 150 Å². The van der Waals surface area contributed by atoms with Crippen LogP contribution in [0.2, 0.25) is 0 Å². The number of hydrogen-bond donors (Lipinski definition) is 1. The Morgan fingerprint density at radius 1 is 0.760 bits per heavy atom. The number of rotatable bonds is 4. The van der Waals surface area contributed by atoms with Crippen molar-refractivity contribution in [3.05, 3.63) is 84.9 Å². The molecule has 0 unspecified atom stereocenters. The maximum absolute atomic E-state index is 12.4. The fourth-order valence-corrected chi connectivity index (χ4v) is 3.67. The Bertz CT molecular complexity index is 1050. The molecular weight excluding hydrogens is 326 g/mol. The van der Waals surface area contributed by atoms with Gasteiger partial charge < -0.3 is 5.32 Å². The van der Waals surface area contributed by atoms with Crippen molar-refractivity contribution in [2.75, 3.05) is 11.1 Å². The normalized spacial score (nSPS) is 10.9. The molecule has 3 heteroatoms. The molecule has 0 saturated heterocycles. The van der Waals surface area contributed by atoms with E-state index in [4.69, 9.17) is 0 Å².